The van der Waals surface area contributed by atoms with Crippen molar-refractivity contribution in [1.82, 2.24) is 10.3 Å². The highest BCUT2D eigenvalue weighted by Gasteiger charge is 2.05. The van der Waals surface area contributed by atoms with Crippen LogP contribution in [0.25, 0.3) is 11.1 Å². The van der Waals surface area contributed by atoms with E-state index in [1.807, 2.05) is 24.5 Å². The molecular formula is C14H14Cl2N2. The number of benzene rings is 1. The first-order valence-electron chi connectivity index (χ1n) is 5.80. The Labute approximate surface area is 117 Å². The highest BCUT2D eigenvalue weighted by atomic mass is 35.5. The van der Waals surface area contributed by atoms with Crippen molar-refractivity contribution in [2.45, 2.75) is 13.5 Å². The summed E-state index contributed by atoms with van der Waals surface area (Å²) < 4.78 is 0. The van der Waals surface area contributed by atoms with Crippen molar-refractivity contribution in [3.05, 3.63) is 52.3 Å². The minimum Gasteiger partial charge on any atom is -0.313 e. The average Bonchev–Trinajstić information content (AvgIpc) is 2.36. The Morgan fingerprint density at radius 3 is 2.72 bits per heavy atom. The van der Waals surface area contributed by atoms with Crippen molar-refractivity contribution in [3.8, 4) is 11.1 Å². The van der Waals surface area contributed by atoms with Gasteiger partial charge in [-0.1, -0.05) is 36.2 Å². The summed E-state index contributed by atoms with van der Waals surface area (Å²) in [5.41, 5.74) is 3.10. The summed E-state index contributed by atoms with van der Waals surface area (Å²) in [6.07, 6.45) is 3.67. The lowest BCUT2D eigenvalue weighted by molar-refractivity contribution is 0.724. The lowest BCUT2D eigenvalue weighted by atomic mass is 10.1. The van der Waals surface area contributed by atoms with Crippen molar-refractivity contribution in [3.63, 3.8) is 0 Å². The van der Waals surface area contributed by atoms with Crippen LogP contribution < -0.4 is 5.32 Å². The first-order chi connectivity index (χ1) is 8.70. The van der Waals surface area contributed by atoms with E-state index in [4.69, 9.17) is 23.2 Å². The Morgan fingerprint density at radius 2 is 2.00 bits per heavy atom. The van der Waals surface area contributed by atoms with Crippen LogP contribution in [0.4, 0.5) is 0 Å². The number of aromatic nitrogens is 1. The van der Waals surface area contributed by atoms with Gasteiger partial charge in [0, 0.05) is 40.1 Å². The second kappa shape index (κ2) is 6.19. The summed E-state index contributed by atoms with van der Waals surface area (Å²) in [6.45, 7) is 3.82. The molecule has 0 aliphatic carbocycles. The summed E-state index contributed by atoms with van der Waals surface area (Å²) in [5.74, 6) is 0. The summed E-state index contributed by atoms with van der Waals surface area (Å²) in [7, 11) is 0. The van der Waals surface area contributed by atoms with E-state index in [1.54, 1.807) is 6.07 Å². The van der Waals surface area contributed by atoms with Crippen LogP contribution in [-0.2, 0) is 6.54 Å². The van der Waals surface area contributed by atoms with Crippen LogP contribution in [0.15, 0.2) is 36.7 Å². The zero-order chi connectivity index (χ0) is 13.0. The minimum absolute atomic E-state index is 0.639. The van der Waals surface area contributed by atoms with E-state index in [9.17, 15) is 0 Å². The molecule has 1 N–H and O–H groups in total. The van der Waals surface area contributed by atoms with Gasteiger partial charge in [-0.05, 0) is 30.3 Å². The van der Waals surface area contributed by atoms with Gasteiger partial charge in [-0.2, -0.15) is 0 Å². The SMILES string of the molecule is CCNCc1cncc(-c2ccc(Cl)cc2Cl)c1. The third-order valence-corrected chi connectivity index (χ3v) is 3.16. The fourth-order valence-corrected chi connectivity index (χ4v) is 2.24. The third-order valence-electron chi connectivity index (χ3n) is 2.62. The molecule has 2 nitrogen and oxygen atoms in total. The minimum atomic E-state index is 0.639. The molecule has 4 heteroatoms. The molecule has 0 radical (unpaired) electrons. The number of halogens is 2. The molecule has 0 atom stereocenters. The van der Waals surface area contributed by atoms with Crippen LogP contribution in [-0.4, -0.2) is 11.5 Å². The molecule has 2 rings (SSSR count). The maximum absolute atomic E-state index is 6.19. The fraction of sp³-hybridized carbons (Fsp3) is 0.214. The van der Waals surface area contributed by atoms with Gasteiger partial charge in [-0.3, -0.25) is 4.98 Å². The number of rotatable bonds is 4. The van der Waals surface area contributed by atoms with E-state index in [0.29, 0.717) is 10.0 Å². The molecule has 0 aliphatic heterocycles. The van der Waals surface area contributed by atoms with Gasteiger partial charge in [0.25, 0.3) is 0 Å². The molecule has 0 bridgehead atoms. The van der Waals surface area contributed by atoms with E-state index < -0.39 is 0 Å². The molecule has 0 saturated carbocycles. The van der Waals surface area contributed by atoms with Gasteiger partial charge < -0.3 is 5.32 Å². The summed E-state index contributed by atoms with van der Waals surface area (Å²) in [5, 5.41) is 4.56. The van der Waals surface area contributed by atoms with Crippen molar-refractivity contribution >= 4 is 23.2 Å². The van der Waals surface area contributed by atoms with E-state index in [0.717, 1.165) is 29.8 Å². The lowest BCUT2D eigenvalue weighted by Gasteiger charge is -2.07. The van der Waals surface area contributed by atoms with Gasteiger partial charge in [-0.25, -0.2) is 0 Å². The summed E-state index contributed by atoms with van der Waals surface area (Å²) in [4.78, 5) is 4.25. The first-order valence-corrected chi connectivity index (χ1v) is 6.56. The molecule has 0 amide bonds. The van der Waals surface area contributed by atoms with Crippen molar-refractivity contribution < 1.29 is 0 Å². The second-order valence-corrected chi connectivity index (χ2v) is 4.83. The maximum Gasteiger partial charge on any atom is 0.0499 e. The summed E-state index contributed by atoms with van der Waals surface area (Å²) in [6, 6.07) is 7.58. The Hall–Kier alpha value is -1.09. The largest absolute Gasteiger partial charge is 0.313 e. The lowest BCUT2D eigenvalue weighted by Crippen LogP contribution is -2.11. The number of nitrogens with zero attached hydrogens (tertiary/aromatic N) is 1. The van der Waals surface area contributed by atoms with Crippen LogP contribution in [0.5, 0.6) is 0 Å². The molecule has 0 aliphatic rings. The van der Waals surface area contributed by atoms with Crippen LogP contribution in [0, 0.1) is 0 Å². The number of nitrogens with one attached hydrogen (secondary N) is 1. The van der Waals surface area contributed by atoms with Crippen molar-refractivity contribution in [2.24, 2.45) is 0 Å². The van der Waals surface area contributed by atoms with Crippen molar-refractivity contribution in [1.29, 1.82) is 0 Å². The molecule has 0 fully saturated rings. The maximum atomic E-state index is 6.19. The summed E-state index contributed by atoms with van der Waals surface area (Å²) >= 11 is 12.1. The second-order valence-electron chi connectivity index (χ2n) is 3.99. The van der Waals surface area contributed by atoms with Gasteiger partial charge in [0.2, 0.25) is 0 Å². The van der Waals surface area contributed by atoms with Crippen LogP contribution in [0.2, 0.25) is 10.0 Å². The van der Waals surface area contributed by atoms with Gasteiger partial charge >= 0.3 is 0 Å². The molecule has 18 heavy (non-hydrogen) atoms. The number of hydrogen-bond donors (Lipinski definition) is 1. The fourth-order valence-electron chi connectivity index (χ4n) is 1.72. The molecule has 1 heterocycles. The van der Waals surface area contributed by atoms with Gasteiger partial charge in [-0.15, -0.1) is 0 Å². The Kier molecular flexibility index (Phi) is 4.59. The van der Waals surface area contributed by atoms with Crippen molar-refractivity contribution in [2.75, 3.05) is 6.54 Å². The molecule has 0 unspecified atom stereocenters. The standard InChI is InChI=1S/C14H14Cl2N2/c1-2-17-7-10-5-11(9-18-8-10)13-4-3-12(15)6-14(13)16/h3-6,8-9,17H,2,7H2,1H3. The Bertz CT molecular complexity index is 541. The Balaban J connectivity index is 2.32. The van der Waals surface area contributed by atoms with E-state index >= 15 is 0 Å². The van der Waals surface area contributed by atoms with Crippen LogP contribution in [0.3, 0.4) is 0 Å². The van der Waals surface area contributed by atoms with E-state index in [1.165, 1.54) is 0 Å². The van der Waals surface area contributed by atoms with E-state index in [2.05, 4.69) is 23.3 Å². The molecule has 1 aromatic heterocycles. The molecule has 94 valence electrons. The monoisotopic (exact) mass is 280 g/mol. The average molecular weight is 281 g/mol. The zero-order valence-electron chi connectivity index (χ0n) is 10.1. The highest BCUT2D eigenvalue weighted by molar-refractivity contribution is 6.36. The predicted molar refractivity (Wildman–Crippen MR) is 77.1 cm³/mol. The van der Waals surface area contributed by atoms with Gasteiger partial charge in [0.1, 0.15) is 0 Å². The molecule has 0 spiro atoms. The number of hydrogen-bond acceptors (Lipinski definition) is 2. The van der Waals surface area contributed by atoms with Crippen LogP contribution >= 0.6 is 23.2 Å². The van der Waals surface area contributed by atoms with Gasteiger partial charge in [0.05, 0.1) is 0 Å². The molecular weight excluding hydrogens is 267 g/mol. The van der Waals surface area contributed by atoms with Crippen LogP contribution in [0.1, 0.15) is 12.5 Å². The topological polar surface area (TPSA) is 24.9 Å². The normalized spacial score (nSPS) is 10.6. The highest BCUT2D eigenvalue weighted by Crippen LogP contribution is 2.30. The Morgan fingerprint density at radius 1 is 1.17 bits per heavy atom. The van der Waals surface area contributed by atoms with Gasteiger partial charge in [0.15, 0.2) is 0 Å². The quantitative estimate of drug-likeness (QED) is 0.910. The van der Waals surface area contributed by atoms with E-state index in [-0.39, 0.29) is 0 Å². The molecule has 0 saturated heterocycles. The third kappa shape index (κ3) is 3.22. The first kappa shape index (κ1) is 13.3. The number of pyridine rings is 1. The smallest absolute Gasteiger partial charge is 0.0499 e. The zero-order valence-corrected chi connectivity index (χ0v) is 11.6. The molecule has 1 aromatic carbocycles. The predicted octanol–water partition coefficient (Wildman–Crippen LogP) is 4.16. The molecule has 2 aromatic rings.